The molecule has 12 heteroatoms. The minimum absolute atomic E-state index is 0.215. The van der Waals surface area contributed by atoms with Gasteiger partial charge in [-0.05, 0) is 73.0 Å². The Morgan fingerprint density at radius 1 is 0.857 bits per heavy atom. The molecule has 0 bridgehead atoms. The number of carbonyl (C=O) groups is 2. The van der Waals surface area contributed by atoms with E-state index in [-0.39, 0.29) is 6.61 Å². The van der Waals surface area contributed by atoms with Crippen molar-refractivity contribution >= 4 is 19.8 Å². The highest BCUT2D eigenvalue weighted by atomic mass is 31.2. The number of alkyl halides is 1. The SMILES string of the molecule is CC(=O)O[C@H]1[C@H](OC(C)=O)C(OP(=O)(O)OC/C=C(\C)CC/C=C(\C)CCC=C(C)C)O[C@@H]1CF.CCN(CC)CC. The van der Waals surface area contributed by atoms with Crippen LogP contribution in [0.1, 0.15) is 88.0 Å². The van der Waals surface area contributed by atoms with Crippen LogP contribution in [0.15, 0.2) is 34.9 Å². The quantitative estimate of drug-likeness (QED) is 0.110. The maximum atomic E-state index is 13.4. The molecule has 0 aliphatic carbocycles. The van der Waals surface area contributed by atoms with E-state index in [2.05, 4.69) is 58.6 Å². The first-order valence-electron chi connectivity index (χ1n) is 14.6. The summed E-state index contributed by atoms with van der Waals surface area (Å²) in [5.41, 5.74) is 3.56. The van der Waals surface area contributed by atoms with Gasteiger partial charge in [0, 0.05) is 13.8 Å². The molecule has 10 nitrogen and oxygen atoms in total. The van der Waals surface area contributed by atoms with Crippen LogP contribution in [0.5, 0.6) is 0 Å². The molecule has 0 saturated carbocycles. The van der Waals surface area contributed by atoms with Gasteiger partial charge in [0.05, 0.1) is 6.61 Å². The van der Waals surface area contributed by atoms with E-state index in [0.29, 0.717) is 0 Å². The molecule has 0 spiro atoms. The van der Waals surface area contributed by atoms with Gasteiger partial charge in [0.15, 0.2) is 12.2 Å². The number of allylic oxidation sites excluding steroid dienone is 5. The van der Waals surface area contributed by atoms with Crippen LogP contribution < -0.4 is 0 Å². The zero-order chi connectivity index (χ0) is 32.3. The van der Waals surface area contributed by atoms with Crippen LogP contribution in [0.25, 0.3) is 0 Å². The van der Waals surface area contributed by atoms with Crippen molar-refractivity contribution in [3.05, 3.63) is 34.9 Å². The highest BCUT2D eigenvalue weighted by Gasteiger charge is 2.52. The van der Waals surface area contributed by atoms with Gasteiger partial charge in [-0.3, -0.25) is 18.6 Å². The van der Waals surface area contributed by atoms with Gasteiger partial charge in [-0.2, -0.15) is 0 Å². The molecule has 1 N–H and O–H groups in total. The molecule has 1 rings (SSSR count). The minimum atomic E-state index is -4.68. The number of rotatable bonds is 17. The van der Waals surface area contributed by atoms with Crippen molar-refractivity contribution in [2.24, 2.45) is 0 Å². The molecule has 0 aromatic rings. The lowest BCUT2D eigenvalue weighted by atomic mass is 10.1. The van der Waals surface area contributed by atoms with E-state index in [1.807, 2.05) is 6.92 Å². The largest absolute Gasteiger partial charge is 0.474 e. The molecule has 0 amide bonds. The second-order valence-electron chi connectivity index (χ2n) is 10.3. The number of halogens is 1. The van der Waals surface area contributed by atoms with Crippen LogP contribution in [0, 0.1) is 0 Å². The molecule has 5 atom stereocenters. The maximum absolute atomic E-state index is 13.4. The third kappa shape index (κ3) is 17.9. The van der Waals surface area contributed by atoms with E-state index in [9.17, 15) is 23.4 Å². The van der Waals surface area contributed by atoms with Gasteiger partial charge in [0.25, 0.3) is 0 Å². The molecule has 2 unspecified atom stereocenters. The summed E-state index contributed by atoms with van der Waals surface area (Å²) in [6.07, 6.45) is 3.84. The fourth-order valence-electron chi connectivity index (χ4n) is 4.00. The zero-order valence-corrected chi connectivity index (χ0v) is 27.8. The number of phosphoric ester groups is 1. The fraction of sp³-hybridized carbons (Fsp3) is 0.733. The molecule has 1 fully saturated rings. The van der Waals surface area contributed by atoms with E-state index in [1.165, 1.54) is 30.8 Å². The van der Waals surface area contributed by atoms with Crippen LogP contribution in [0.2, 0.25) is 0 Å². The molecule has 1 aliphatic heterocycles. The molecule has 1 saturated heterocycles. The summed E-state index contributed by atoms with van der Waals surface area (Å²) >= 11 is 0. The van der Waals surface area contributed by atoms with E-state index in [4.69, 9.17) is 23.3 Å². The van der Waals surface area contributed by atoms with Crippen LogP contribution in [-0.2, 0) is 37.4 Å². The first kappa shape index (κ1) is 40.1. The van der Waals surface area contributed by atoms with Crippen molar-refractivity contribution in [1.29, 1.82) is 0 Å². The van der Waals surface area contributed by atoms with Gasteiger partial charge in [-0.1, -0.05) is 55.7 Å². The standard InChI is InChI=1S/C24H38FO9P.C6H15N/c1-16(2)9-7-10-17(3)11-8-12-18(4)13-14-30-35(28,29)34-24-23(32-20(6)27)22(31-19(5)26)21(15-25)33-24;1-4-7(5-2)6-3/h9,11,13,21-24H,7-8,10,12,14-15H2,1-6H3,(H,28,29);4-6H2,1-3H3/b17-11+,18-13+;/t21-,22-,23+,24?;/m1./s1. The topological polar surface area (TPSA) is 121 Å². The van der Waals surface area contributed by atoms with Crippen molar-refractivity contribution in [1.82, 2.24) is 4.90 Å². The normalized spacial score (nSPS) is 22.2. The summed E-state index contributed by atoms with van der Waals surface area (Å²) in [6.45, 7) is 19.1. The predicted octanol–water partition coefficient (Wildman–Crippen LogP) is 6.45. The third-order valence-corrected chi connectivity index (χ3v) is 7.34. The molecule has 0 aromatic heterocycles. The van der Waals surface area contributed by atoms with Crippen LogP contribution in [0.4, 0.5) is 4.39 Å². The minimum Gasteiger partial charge on any atom is -0.455 e. The van der Waals surface area contributed by atoms with E-state index < -0.39 is 51.0 Å². The summed E-state index contributed by atoms with van der Waals surface area (Å²) in [6, 6.07) is 0. The molecule has 0 radical (unpaired) electrons. The number of phosphoric acid groups is 1. The van der Waals surface area contributed by atoms with E-state index >= 15 is 0 Å². The van der Waals surface area contributed by atoms with Gasteiger partial charge in [-0.25, -0.2) is 8.96 Å². The second kappa shape index (κ2) is 21.8. The first-order valence-corrected chi connectivity index (χ1v) is 16.1. The second-order valence-corrected chi connectivity index (χ2v) is 11.7. The summed E-state index contributed by atoms with van der Waals surface area (Å²) in [7, 11) is -4.68. The molecule has 1 aliphatic rings. The van der Waals surface area contributed by atoms with Gasteiger partial charge >= 0.3 is 19.8 Å². The summed E-state index contributed by atoms with van der Waals surface area (Å²) in [4.78, 5) is 35.3. The maximum Gasteiger partial charge on any atom is 0.474 e. The van der Waals surface area contributed by atoms with Crippen LogP contribution >= 0.6 is 7.82 Å². The van der Waals surface area contributed by atoms with E-state index in [1.54, 1.807) is 6.08 Å². The lowest BCUT2D eigenvalue weighted by molar-refractivity contribution is -0.172. The summed E-state index contributed by atoms with van der Waals surface area (Å²) in [5.74, 6) is -1.56. The van der Waals surface area contributed by atoms with Gasteiger partial charge in [0.1, 0.15) is 12.8 Å². The predicted molar refractivity (Wildman–Crippen MR) is 161 cm³/mol. The van der Waals surface area contributed by atoms with Crippen molar-refractivity contribution in [2.75, 3.05) is 32.9 Å². The van der Waals surface area contributed by atoms with Crippen molar-refractivity contribution < 1.29 is 46.7 Å². The number of nitrogens with zero attached hydrogens (tertiary/aromatic N) is 1. The highest BCUT2D eigenvalue weighted by Crippen LogP contribution is 2.47. The Balaban J connectivity index is 0.00000212. The van der Waals surface area contributed by atoms with Crippen LogP contribution in [-0.4, -0.2) is 79.2 Å². The molecular formula is C30H53FNO9P. The Hall–Kier alpha value is -1.88. The Bertz CT molecular complexity index is 940. The summed E-state index contributed by atoms with van der Waals surface area (Å²) < 4.78 is 51.0. The third-order valence-electron chi connectivity index (χ3n) is 6.39. The first-order chi connectivity index (χ1) is 19.7. The van der Waals surface area contributed by atoms with Crippen molar-refractivity contribution in [2.45, 2.75) is 113 Å². The zero-order valence-electron chi connectivity index (χ0n) is 26.9. The lowest BCUT2D eigenvalue weighted by Gasteiger charge is -2.23. The van der Waals surface area contributed by atoms with Gasteiger partial charge in [0.2, 0.25) is 6.29 Å². The molecule has 0 aromatic carbocycles. The number of carbonyl (C=O) groups excluding carboxylic acids is 2. The van der Waals surface area contributed by atoms with Gasteiger partial charge < -0.3 is 24.0 Å². The van der Waals surface area contributed by atoms with Crippen LogP contribution in [0.3, 0.4) is 0 Å². The average Bonchev–Trinajstić information content (AvgIpc) is 3.19. The van der Waals surface area contributed by atoms with E-state index in [0.717, 1.165) is 45.1 Å². The number of hydrogen-bond donors (Lipinski definition) is 1. The molecule has 1 heterocycles. The number of esters is 2. The Morgan fingerprint density at radius 2 is 1.36 bits per heavy atom. The Kier molecular flexibility index (Phi) is 20.8. The lowest BCUT2D eigenvalue weighted by Crippen LogP contribution is -2.40. The molecular weight excluding hydrogens is 568 g/mol. The monoisotopic (exact) mass is 621 g/mol. The molecule has 244 valence electrons. The smallest absolute Gasteiger partial charge is 0.455 e. The average molecular weight is 622 g/mol. The summed E-state index contributed by atoms with van der Waals surface area (Å²) in [5, 5.41) is 0. The fourth-order valence-corrected chi connectivity index (χ4v) is 4.75. The van der Waals surface area contributed by atoms with Crippen molar-refractivity contribution in [3.63, 3.8) is 0 Å². The number of hydrogen-bond acceptors (Lipinski definition) is 9. The Morgan fingerprint density at radius 3 is 1.81 bits per heavy atom. The highest BCUT2D eigenvalue weighted by molar-refractivity contribution is 7.47. The molecule has 42 heavy (non-hydrogen) atoms. The Labute approximate surface area is 251 Å². The van der Waals surface area contributed by atoms with Gasteiger partial charge in [-0.15, -0.1) is 0 Å². The van der Waals surface area contributed by atoms with Crippen molar-refractivity contribution in [3.8, 4) is 0 Å². The number of ether oxygens (including phenoxy) is 3.